The summed E-state index contributed by atoms with van der Waals surface area (Å²) in [5.41, 5.74) is 1.63. The Morgan fingerprint density at radius 1 is 1.30 bits per heavy atom. The average Bonchev–Trinajstić information content (AvgIpc) is 2.90. The van der Waals surface area contributed by atoms with Crippen molar-refractivity contribution in [2.24, 2.45) is 0 Å². The highest BCUT2D eigenvalue weighted by atomic mass is 32.2. The van der Waals surface area contributed by atoms with Gasteiger partial charge < -0.3 is 10.2 Å². The number of aromatic nitrogens is 1. The van der Waals surface area contributed by atoms with Gasteiger partial charge in [-0.2, -0.15) is 0 Å². The maximum absolute atomic E-state index is 12.2. The third-order valence-electron chi connectivity index (χ3n) is 3.78. The number of sulfone groups is 1. The Balaban J connectivity index is 1.72. The minimum Gasteiger partial charge on any atom is -0.322 e. The van der Waals surface area contributed by atoms with E-state index in [1.54, 1.807) is 11.3 Å². The van der Waals surface area contributed by atoms with Crippen molar-refractivity contribution in [3.8, 4) is 0 Å². The van der Waals surface area contributed by atoms with E-state index in [0.717, 1.165) is 15.2 Å². The van der Waals surface area contributed by atoms with E-state index < -0.39 is 9.84 Å². The molecule has 1 fully saturated rings. The molecule has 124 valence electrons. The molecule has 3 rings (SSSR count). The smallest absolute Gasteiger partial charge is 0.321 e. The van der Waals surface area contributed by atoms with Crippen LogP contribution < -0.4 is 5.32 Å². The third-order valence-corrected chi connectivity index (χ3v) is 6.71. The van der Waals surface area contributed by atoms with Crippen molar-refractivity contribution >= 4 is 43.1 Å². The summed E-state index contributed by atoms with van der Waals surface area (Å²) in [5.74, 6) is 0.443. The van der Waals surface area contributed by atoms with E-state index in [1.165, 1.54) is 4.90 Å². The van der Waals surface area contributed by atoms with Crippen LogP contribution in [0.5, 0.6) is 0 Å². The number of fused-ring (bicyclic) bond motifs is 1. The Morgan fingerprint density at radius 3 is 2.65 bits per heavy atom. The number of carbonyl (C=O) groups is 1. The van der Waals surface area contributed by atoms with E-state index in [2.05, 4.69) is 24.1 Å². The Morgan fingerprint density at radius 2 is 2.00 bits per heavy atom. The molecule has 23 heavy (non-hydrogen) atoms. The molecule has 0 atom stereocenters. The van der Waals surface area contributed by atoms with Crippen LogP contribution in [0.2, 0.25) is 0 Å². The van der Waals surface area contributed by atoms with Gasteiger partial charge in [0.05, 0.1) is 26.7 Å². The zero-order chi connectivity index (χ0) is 16.6. The van der Waals surface area contributed by atoms with Crippen molar-refractivity contribution in [1.82, 2.24) is 9.88 Å². The maximum Gasteiger partial charge on any atom is 0.321 e. The van der Waals surface area contributed by atoms with Gasteiger partial charge in [0.15, 0.2) is 9.84 Å². The predicted molar refractivity (Wildman–Crippen MR) is 93.0 cm³/mol. The summed E-state index contributed by atoms with van der Waals surface area (Å²) in [6, 6.07) is 5.38. The normalized spacial score (nSPS) is 17.6. The SMILES string of the molecule is CC(C)c1nc2ccc(NC(=O)N3CCS(=O)(=O)CC3)cc2s1. The molecule has 0 unspecified atom stereocenters. The lowest BCUT2D eigenvalue weighted by Gasteiger charge is -2.26. The van der Waals surface area contributed by atoms with Gasteiger partial charge in [0.25, 0.3) is 0 Å². The lowest BCUT2D eigenvalue weighted by Crippen LogP contribution is -2.45. The van der Waals surface area contributed by atoms with Crippen LogP contribution in [0, 0.1) is 0 Å². The minimum atomic E-state index is -2.98. The molecule has 2 amide bonds. The van der Waals surface area contributed by atoms with Gasteiger partial charge >= 0.3 is 6.03 Å². The first kappa shape index (κ1) is 16.2. The Labute approximate surface area is 139 Å². The van der Waals surface area contributed by atoms with Crippen LogP contribution in [0.15, 0.2) is 18.2 Å². The van der Waals surface area contributed by atoms with E-state index in [-0.39, 0.29) is 30.6 Å². The molecule has 1 aliphatic heterocycles. The second-order valence-corrected chi connectivity index (χ2v) is 9.32. The van der Waals surface area contributed by atoms with Crippen LogP contribution in [-0.2, 0) is 9.84 Å². The van der Waals surface area contributed by atoms with Crippen molar-refractivity contribution in [1.29, 1.82) is 0 Å². The number of urea groups is 1. The fraction of sp³-hybridized carbons (Fsp3) is 0.467. The Hall–Kier alpha value is -1.67. The van der Waals surface area contributed by atoms with Gasteiger partial charge in [-0.05, 0) is 18.2 Å². The molecule has 1 saturated heterocycles. The first-order valence-corrected chi connectivity index (χ1v) is 10.1. The summed E-state index contributed by atoms with van der Waals surface area (Å²) < 4.78 is 23.9. The van der Waals surface area contributed by atoms with Crippen molar-refractivity contribution in [2.75, 3.05) is 29.9 Å². The van der Waals surface area contributed by atoms with Gasteiger partial charge in [-0.15, -0.1) is 11.3 Å². The average molecular weight is 353 g/mol. The highest BCUT2D eigenvalue weighted by Crippen LogP contribution is 2.29. The summed E-state index contributed by atoms with van der Waals surface area (Å²) in [6.45, 7) is 4.69. The van der Waals surface area contributed by atoms with Gasteiger partial charge in [-0.1, -0.05) is 13.8 Å². The summed E-state index contributed by atoms with van der Waals surface area (Å²) in [5, 5.41) is 3.91. The number of amides is 2. The van der Waals surface area contributed by atoms with Crippen LogP contribution >= 0.6 is 11.3 Å². The van der Waals surface area contributed by atoms with Crippen LogP contribution in [0.25, 0.3) is 10.2 Å². The first-order chi connectivity index (χ1) is 10.8. The molecule has 1 aromatic carbocycles. The van der Waals surface area contributed by atoms with Crippen LogP contribution in [0.4, 0.5) is 10.5 Å². The molecule has 0 bridgehead atoms. The quantitative estimate of drug-likeness (QED) is 0.900. The van der Waals surface area contributed by atoms with Gasteiger partial charge in [0.1, 0.15) is 0 Å². The molecule has 8 heteroatoms. The molecule has 1 aromatic heterocycles. The highest BCUT2D eigenvalue weighted by molar-refractivity contribution is 7.91. The number of carbonyl (C=O) groups excluding carboxylic acids is 1. The van der Waals surface area contributed by atoms with Gasteiger partial charge in [0, 0.05) is 24.7 Å². The number of hydrogen-bond acceptors (Lipinski definition) is 5. The number of nitrogens with zero attached hydrogens (tertiary/aromatic N) is 2. The number of anilines is 1. The summed E-state index contributed by atoms with van der Waals surface area (Å²) in [6.07, 6.45) is 0. The van der Waals surface area contributed by atoms with Crippen LogP contribution in [-0.4, -0.2) is 48.9 Å². The van der Waals surface area contributed by atoms with Crippen molar-refractivity contribution in [3.05, 3.63) is 23.2 Å². The lowest BCUT2D eigenvalue weighted by atomic mass is 10.2. The monoisotopic (exact) mass is 353 g/mol. The molecule has 0 spiro atoms. The molecule has 0 saturated carbocycles. The fourth-order valence-electron chi connectivity index (χ4n) is 2.39. The largest absolute Gasteiger partial charge is 0.322 e. The molecule has 0 aliphatic carbocycles. The number of benzene rings is 1. The Kier molecular flexibility index (Phi) is 4.29. The molecule has 0 radical (unpaired) electrons. The number of rotatable bonds is 2. The molecule has 1 aliphatic rings. The predicted octanol–water partition coefficient (Wildman–Crippen LogP) is 2.68. The summed E-state index contributed by atoms with van der Waals surface area (Å²) >= 11 is 1.63. The van der Waals surface area contributed by atoms with Gasteiger partial charge in [-0.25, -0.2) is 18.2 Å². The molecular weight excluding hydrogens is 334 g/mol. The summed E-state index contributed by atoms with van der Waals surface area (Å²) in [4.78, 5) is 18.3. The van der Waals surface area contributed by atoms with E-state index in [4.69, 9.17) is 0 Å². The lowest BCUT2D eigenvalue weighted by molar-refractivity contribution is 0.216. The van der Waals surface area contributed by atoms with E-state index in [1.807, 2.05) is 18.2 Å². The van der Waals surface area contributed by atoms with Crippen molar-refractivity contribution in [2.45, 2.75) is 19.8 Å². The second kappa shape index (κ2) is 6.09. The first-order valence-electron chi connectivity index (χ1n) is 7.51. The molecule has 1 N–H and O–H groups in total. The van der Waals surface area contributed by atoms with Crippen molar-refractivity contribution < 1.29 is 13.2 Å². The zero-order valence-electron chi connectivity index (χ0n) is 13.1. The third kappa shape index (κ3) is 3.64. The minimum absolute atomic E-state index is 0.0338. The number of thiazole rings is 1. The van der Waals surface area contributed by atoms with Crippen molar-refractivity contribution in [3.63, 3.8) is 0 Å². The summed E-state index contributed by atoms with van der Waals surface area (Å²) in [7, 11) is -2.98. The van der Waals surface area contributed by atoms with E-state index in [9.17, 15) is 13.2 Å². The van der Waals surface area contributed by atoms with Gasteiger partial charge in [0.2, 0.25) is 0 Å². The fourth-order valence-corrected chi connectivity index (χ4v) is 4.60. The van der Waals surface area contributed by atoms with Crippen LogP contribution in [0.3, 0.4) is 0 Å². The number of nitrogens with one attached hydrogen (secondary N) is 1. The van der Waals surface area contributed by atoms with Gasteiger partial charge in [-0.3, -0.25) is 0 Å². The molecule has 6 nitrogen and oxygen atoms in total. The Bertz CT molecular complexity index is 829. The topological polar surface area (TPSA) is 79.4 Å². The molecule has 2 aromatic rings. The standard InChI is InChI=1S/C15H19N3O3S2/c1-10(2)14-17-12-4-3-11(9-13(12)22-14)16-15(19)18-5-7-23(20,21)8-6-18/h3-4,9-10H,5-8H2,1-2H3,(H,16,19). The highest BCUT2D eigenvalue weighted by Gasteiger charge is 2.25. The maximum atomic E-state index is 12.2. The van der Waals surface area contributed by atoms with Crippen LogP contribution in [0.1, 0.15) is 24.8 Å². The molecule has 2 heterocycles. The van der Waals surface area contributed by atoms with E-state index >= 15 is 0 Å². The second-order valence-electron chi connectivity index (χ2n) is 5.96. The van der Waals surface area contributed by atoms with E-state index in [0.29, 0.717) is 11.6 Å². The zero-order valence-corrected chi connectivity index (χ0v) is 14.7. The molecular formula is C15H19N3O3S2. The number of hydrogen-bond donors (Lipinski definition) is 1.